The predicted molar refractivity (Wildman–Crippen MR) is 163 cm³/mol. The van der Waals surface area contributed by atoms with E-state index < -0.39 is 5.63 Å². The number of benzene rings is 2. The molecule has 0 amide bonds. The van der Waals surface area contributed by atoms with Crippen molar-refractivity contribution in [1.29, 1.82) is 0 Å². The Morgan fingerprint density at radius 1 is 0.949 bits per heavy atom. The number of hydrogen-bond acceptors (Lipinski definition) is 5. The number of allylic oxidation sites excluding steroid dienone is 1. The highest BCUT2D eigenvalue weighted by atomic mass is 16.4. The SMILES string of the molecule is CCC1(CC)CCN2CCC(CC)(CC)c3c2c1cc1cc(C(=O)C=Cc2ccc(N(C)C)cc2)c(=O)oc31. The summed E-state index contributed by atoms with van der Waals surface area (Å²) in [6, 6.07) is 12.0. The first kappa shape index (κ1) is 27.2. The largest absolute Gasteiger partial charge is 0.422 e. The lowest BCUT2D eigenvalue weighted by atomic mass is 9.63. The van der Waals surface area contributed by atoms with E-state index in [1.54, 1.807) is 12.1 Å². The third-order valence-corrected chi connectivity index (χ3v) is 9.94. The number of carbonyl (C=O) groups is 1. The lowest BCUT2D eigenvalue weighted by molar-refractivity contribution is 0.104. The zero-order valence-electron chi connectivity index (χ0n) is 24.4. The summed E-state index contributed by atoms with van der Waals surface area (Å²) in [4.78, 5) is 31.2. The maximum Gasteiger partial charge on any atom is 0.347 e. The molecule has 5 heteroatoms. The molecule has 39 heavy (non-hydrogen) atoms. The average Bonchev–Trinajstić information content (AvgIpc) is 2.96. The van der Waals surface area contributed by atoms with Crippen molar-refractivity contribution in [3.8, 4) is 0 Å². The van der Waals surface area contributed by atoms with Gasteiger partial charge >= 0.3 is 5.63 Å². The van der Waals surface area contributed by atoms with Gasteiger partial charge in [-0.1, -0.05) is 45.9 Å². The summed E-state index contributed by atoms with van der Waals surface area (Å²) in [5.74, 6) is -0.329. The number of nitrogens with zero attached hydrogens (tertiary/aromatic N) is 2. The zero-order valence-corrected chi connectivity index (χ0v) is 24.4. The Kier molecular flexibility index (Phi) is 7.21. The number of rotatable bonds is 8. The summed E-state index contributed by atoms with van der Waals surface area (Å²) < 4.78 is 6.13. The van der Waals surface area contributed by atoms with Crippen LogP contribution >= 0.6 is 0 Å². The van der Waals surface area contributed by atoms with Crippen LogP contribution in [0.1, 0.15) is 93.3 Å². The van der Waals surface area contributed by atoms with E-state index in [1.807, 2.05) is 43.3 Å². The van der Waals surface area contributed by atoms with Gasteiger partial charge in [-0.15, -0.1) is 0 Å². The molecule has 1 aromatic heterocycles. The summed E-state index contributed by atoms with van der Waals surface area (Å²) in [6.45, 7) is 11.2. The Morgan fingerprint density at radius 2 is 1.56 bits per heavy atom. The molecule has 0 N–H and O–H groups in total. The maximum absolute atomic E-state index is 13.3. The monoisotopic (exact) mass is 526 g/mol. The van der Waals surface area contributed by atoms with E-state index in [9.17, 15) is 9.59 Å². The molecule has 0 saturated heterocycles. The molecule has 206 valence electrons. The van der Waals surface area contributed by atoms with Crippen molar-refractivity contribution in [2.75, 3.05) is 37.0 Å². The van der Waals surface area contributed by atoms with Crippen LogP contribution in [0.3, 0.4) is 0 Å². The first-order valence-electron chi connectivity index (χ1n) is 14.6. The van der Waals surface area contributed by atoms with Crippen LogP contribution in [0.4, 0.5) is 11.4 Å². The van der Waals surface area contributed by atoms with Gasteiger partial charge in [-0.25, -0.2) is 4.79 Å². The van der Waals surface area contributed by atoms with E-state index in [-0.39, 0.29) is 22.2 Å². The number of hydrogen-bond donors (Lipinski definition) is 0. The Hall–Kier alpha value is -3.34. The second-order valence-electron chi connectivity index (χ2n) is 11.7. The molecule has 2 aromatic carbocycles. The van der Waals surface area contributed by atoms with Gasteiger partial charge in [0.2, 0.25) is 0 Å². The Bertz CT molecular complexity index is 1470. The van der Waals surface area contributed by atoms with E-state index in [1.165, 1.54) is 22.9 Å². The summed E-state index contributed by atoms with van der Waals surface area (Å²) in [7, 11) is 3.98. The molecule has 0 unspecified atom stereocenters. The molecule has 0 bridgehead atoms. The van der Waals surface area contributed by atoms with Gasteiger partial charge in [0.15, 0.2) is 5.78 Å². The van der Waals surface area contributed by atoms with Gasteiger partial charge in [-0.05, 0) is 85.4 Å². The van der Waals surface area contributed by atoms with E-state index in [2.05, 4.69) is 38.7 Å². The van der Waals surface area contributed by atoms with E-state index >= 15 is 0 Å². The summed E-state index contributed by atoms with van der Waals surface area (Å²) in [6.07, 6.45) is 9.55. The molecular weight excluding hydrogens is 484 g/mol. The fourth-order valence-corrected chi connectivity index (χ4v) is 7.03. The van der Waals surface area contributed by atoms with Gasteiger partial charge < -0.3 is 14.2 Å². The molecule has 0 radical (unpaired) electrons. The molecule has 2 aliphatic rings. The van der Waals surface area contributed by atoms with Crippen LogP contribution in [-0.2, 0) is 10.8 Å². The van der Waals surface area contributed by atoms with Crippen molar-refractivity contribution >= 4 is 34.2 Å². The fourth-order valence-electron chi connectivity index (χ4n) is 7.03. The van der Waals surface area contributed by atoms with Crippen molar-refractivity contribution in [2.45, 2.75) is 77.0 Å². The number of carbonyl (C=O) groups excluding carboxylic acids is 1. The second-order valence-corrected chi connectivity index (χ2v) is 11.7. The molecule has 5 rings (SSSR count). The topological polar surface area (TPSA) is 53.8 Å². The highest BCUT2D eigenvalue weighted by Gasteiger charge is 2.46. The fraction of sp³-hybridized carbons (Fsp3) is 0.471. The molecule has 3 aromatic rings. The standard InChI is InChI=1S/C34H42N2O3/c1-7-33(8-2)17-19-36-20-18-34(9-3,10-4)29-30(36)27(33)22-24-21-26(32(38)39-31(24)29)28(37)16-13-23-11-14-25(15-12-23)35(5)6/h11-16,21-22H,7-10,17-20H2,1-6H3. The average molecular weight is 527 g/mol. The van der Waals surface area contributed by atoms with Crippen LogP contribution in [0.2, 0.25) is 0 Å². The van der Waals surface area contributed by atoms with Gasteiger partial charge in [0.1, 0.15) is 11.1 Å². The molecule has 3 heterocycles. The van der Waals surface area contributed by atoms with E-state index in [0.29, 0.717) is 5.58 Å². The van der Waals surface area contributed by atoms with Crippen molar-refractivity contribution in [2.24, 2.45) is 0 Å². The molecule has 0 atom stereocenters. The quantitative estimate of drug-likeness (QED) is 0.173. The zero-order chi connectivity index (χ0) is 27.9. The van der Waals surface area contributed by atoms with E-state index in [0.717, 1.165) is 68.3 Å². The molecular formula is C34H42N2O3. The third kappa shape index (κ3) is 4.40. The first-order chi connectivity index (χ1) is 18.7. The summed E-state index contributed by atoms with van der Waals surface area (Å²) in [5, 5.41) is 0.872. The Morgan fingerprint density at radius 3 is 2.15 bits per heavy atom. The van der Waals surface area contributed by atoms with E-state index in [4.69, 9.17) is 4.42 Å². The first-order valence-corrected chi connectivity index (χ1v) is 14.6. The Balaban J connectivity index is 1.66. The van der Waals surface area contributed by atoms with Crippen LogP contribution in [0.5, 0.6) is 0 Å². The van der Waals surface area contributed by atoms with Crippen molar-refractivity contribution in [3.63, 3.8) is 0 Å². The highest BCUT2D eigenvalue weighted by Crippen LogP contribution is 2.55. The van der Waals surface area contributed by atoms with Crippen molar-refractivity contribution in [1.82, 2.24) is 0 Å². The van der Waals surface area contributed by atoms with Gasteiger partial charge in [-0.2, -0.15) is 0 Å². The van der Waals surface area contributed by atoms with Crippen LogP contribution in [0, 0.1) is 0 Å². The maximum atomic E-state index is 13.3. The summed E-state index contributed by atoms with van der Waals surface area (Å²) in [5.41, 5.74) is 6.14. The molecule has 0 saturated carbocycles. The molecule has 0 spiro atoms. The minimum absolute atomic E-state index is 0.0370. The number of ketones is 1. The van der Waals surface area contributed by atoms with Gasteiger partial charge in [0.25, 0.3) is 0 Å². The number of fused-ring (bicyclic) bond motifs is 2. The minimum atomic E-state index is -0.553. The second kappa shape index (κ2) is 10.3. The lowest BCUT2D eigenvalue weighted by Crippen LogP contribution is -2.47. The molecule has 2 aliphatic heterocycles. The van der Waals surface area contributed by atoms with Gasteiger partial charge in [0.05, 0.1) is 0 Å². The normalized spacial score (nSPS) is 17.4. The highest BCUT2D eigenvalue weighted by molar-refractivity contribution is 6.08. The third-order valence-electron chi connectivity index (χ3n) is 9.94. The lowest BCUT2D eigenvalue weighted by Gasteiger charge is -2.51. The molecule has 0 aliphatic carbocycles. The van der Waals surface area contributed by atoms with Gasteiger partial charge in [-0.3, -0.25) is 4.79 Å². The summed E-state index contributed by atoms with van der Waals surface area (Å²) >= 11 is 0. The molecule has 0 fully saturated rings. The predicted octanol–water partition coefficient (Wildman–Crippen LogP) is 7.48. The Labute approximate surface area is 232 Å². The number of anilines is 2. The van der Waals surface area contributed by atoms with Crippen molar-refractivity contribution in [3.05, 3.63) is 75.1 Å². The minimum Gasteiger partial charge on any atom is -0.422 e. The van der Waals surface area contributed by atoms with Crippen LogP contribution < -0.4 is 15.4 Å². The van der Waals surface area contributed by atoms with Crippen LogP contribution in [-0.4, -0.2) is 33.0 Å². The molecule has 5 nitrogen and oxygen atoms in total. The smallest absolute Gasteiger partial charge is 0.347 e. The van der Waals surface area contributed by atoms with Crippen molar-refractivity contribution < 1.29 is 9.21 Å². The van der Waals surface area contributed by atoms with Gasteiger partial charge in [0, 0.05) is 54.9 Å². The van der Waals surface area contributed by atoms with Crippen LogP contribution in [0.25, 0.3) is 17.0 Å². The van der Waals surface area contributed by atoms with Crippen LogP contribution in [0.15, 0.2) is 51.7 Å².